The SMILES string of the molecule is CC(C)(C)OC(=O)N[C@@H](CC1CCCCC1)[C@H](O)CNC(=O)OCc1ccccc1. The summed E-state index contributed by atoms with van der Waals surface area (Å²) in [6.45, 7) is 5.53. The zero-order chi connectivity index (χ0) is 22.0. The van der Waals surface area contributed by atoms with Crippen LogP contribution in [0.25, 0.3) is 0 Å². The molecule has 2 rings (SSSR count). The van der Waals surface area contributed by atoms with Gasteiger partial charge in [-0.1, -0.05) is 62.4 Å². The number of nitrogens with one attached hydrogen (secondary N) is 2. The van der Waals surface area contributed by atoms with Crippen LogP contribution >= 0.6 is 0 Å². The molecule has 3 N–H and O–H groups in total. The van der Waals surface area contributed by atoms with Crippen molar-refractivity contribution in [1.29, 1.82) is 0 Å². The highest BCUT2D eigenvalue weighted by Crippen LogP contribution is 2.28. The van der Waals surface area contributed by atoms with Crippen LogP contribution in [0.2, 0.25) is 0 Å². The Labute approximate surface area is 179 Å². The Morgan fingerprint density at radius 1 is 1.10 bits per heavy atom. The van der Waals surface area contributed by atoms with Crippen molar-refractivity contribution in [3.63, 3.8) is 0 Å². The Morgan fingerprint density at radius 2 is 1.77 bits per heavy atom. The van der Waals surface area contributed by atoms with E-state index in [1.54, 1.807) is 20.8 Å². The van der Waals surface area contributed by atoms with Gasteiger partial charge in [0.05, 0.1) is 12.1 Å². The van der Waals surface area contributed by atoms with Gasteiger partial charge in [-0.3, -0.25) is 0 Å². The maximum absolute atomic E-state index is 12.3. The van der Waals surface area contributed by atoms with Crippen LogP contribution in [-0.2, 0) is 16.1 Å². The Kier molecular flexibility index (Phi) is 9.43. The summed E-state index contributed by atoms with van der Waals surface area (Å²) >= 11 is 0. The molecule has 0 saturated heterocycles. The highest BCUT2D eigenvalue weighted by atomic mass is 16.6. The molecule has 1 aliphatic rings. The molecule has 0 unspecified atom stereocenters. The Bertz CT molecular complexity index is 653. The standard InChI is InChI=1S/C23H36N2O5/c1-23(2,3)30-22(28)25-19(14-17-10-6-4-7-11-17)20(26)15-24-21(27)29-16-18-12-8-5-9-13-18/h5,8-9,12-13,17,19-20,26H,4,6-7,10-11,14-16H2,1-3H3,(H,24,27)(H,25,28)/t19-,20+/m0/s1. The van der Waals surface area contributed by atoms with E-state index in [0.717, 1.165) is 18.4 Å². The molecule has 7 heteroatoms. The van der Waals surface area contributed by atoms with E-state index in [2.05, 4.69) is 10.6 Å². The summed E-state index contributed by atoms with van der Waals surface area (Å²) in [5, 5.41) is 16.1. The van der Waals surface area contributed by atoms with Crippen molar-refractivity contribution in [2.24, 2.45) is 5.92 Å². The zero-order valence-corrected chi connectivity index (χ0v) is 18.4. The first-order chi connectivity index (χ1) is 14.2. The normalized spacial score (nSPS) is 16.9. The van der Waals surface area contributed by atoms with Gasteiger partial charge in [-0.15, -0.1) is 0 Å². The average molecular weight is 421 g/mol. The van der Waals surface area contributed by atoms with Crippen LogP contribution in [0.5, 0.6) is 0 Å². The van der Waals surface area contributed by atoms with Gasteiger partial charge in [-0.05, 0) is 38.7 Å². The molecule has 168 valence electrons. The molecule has 0 heterocycles. The third-order valence-electron chi connectivity index (χ3n) is 5.15. The van der Waals surface area contributed by atoms with E-state index in [0.29, 0.717) is 12.3 Å². The van der Waals surface area contributed by atoms with Crippen LogP contribution in [0.4, 0.5) is 9.59 Å². The first-order valence-electron chi connectivity index (χ1n) is 10.8. The third-order valence-corrected chi connectivity index (χ3v) is 5.15. The number of carbonyl (C=O) groups is 2. The molecule has 1 fully saturated rings. The van der Waals surface area contributed by atoms with Crippen molar-refractivity contribution < 1.29 is 24.2 Å². The van der Waals surface area contributed by atoms with Crippen molar-refractivity contribution in [2.75, 3.05) is 6.54 Å². The van der Waals surface area contributed by atoms with Crippen LogP contribution in [0.1, 0.15) is 64.9 Å². The highest BCUT2D eigenvalue weighted by Gasteiger charge is 2.28. The monoisotopic (exact) mass is 420 g/mol. The van der Waals surface area contributed by atoms with Gasteiger partial charge in [0.15, 0.2) is 0 Å². The van der Waals surface area contributed by atoms with Crippen molar-refractivity contribution in [2.45, 2.75) is 83.6 Å². The fourth-order valence-corrected chi connectivity index (χ4v) is 3.66. The van der Waals surface area contributed by atoms with Gasteiger partial charge in [-0.2, -0.15) is 0 Å². The largest absolute Gasteiger partial charge is 0.445 e. The van der Waals surface area contributed by atoms with Gasteiger partial charge in [-0.25, -0.2) is 9.59 Å². The molecular formula is C23H36N2O5. The summed E-state index contributed by atoms with van der Waals surface area (Å²) in [7, 11) is 0. The van der Waals surface area contributed by atoms with E-state index in [4.69, 9.17) is 9.47 Å². The molecule has 30 heavy (non-hydrogen) atoms. The number of aliphatic hydroxyl groups is 1. The number of benzene rings is 1. The van der Waals surface area contributed by atoms with E-state index >= 15 is 0 Å². The maximum atomic E-state index is 12.3. The van der Waals surface area contributed by atoms with Crippen molar-refractivity contribution in [3.05, 3.63) is 35.9 Å². The zero-order valence-electron chi connectivity index (χ0n) is 18.4. The number of amides is 2. The van der Waals surface area contributed by atoms with Crippen LogP contribution in [-0.4, -0.2) is 41.6 Å². The molecule has 0 bridgehead atoms. The summed E-state index contributed by atoms with van der Waals surface area (Å²) in [5.74, 6) is 0.443. The lowest BCUT2D eigenvalue weighted by Gasteiger charge is -2.31. The molecule has 7 nitrogen and oxygen atoms in total. The number of rotatable bonds is 8. The first kappa shape index (κ1) is 24.0. The lowest BCUT2D eigenvalue weighted by Crippen LogP contribution is -2.50. The smallest absolute Gasteiger partial charge is 0.407 e. The van der Waals surface area contributed by atoms with E-state index in [-0.39, 0.29) is 13.2 Å². The summed E-state index contributed by atoms with van der Waals surface area (Å²) in [5.41, 5.74) is 0.263. The van der Waals surface area contributed by atoms with Crippen molar-refractivity contribution in [1.82, 2.24) is 10.6 Å². The van der Waals surface area contributed by atoms with Gasteiger partial charge in [0, 0.05) is 6.54 Å². The molecule has 0 radical (unpaired) electrons. The average Bonchev–Trinajstić information content (AvgIpc) is 2.70. The maximum Gasteiger partial charge on any atom is 0.407 e. The molecule has 1 saturated carbocycles. The van der Waals surface area contributed by atoms with Gasteiger partial charge in [0.2, 0.25) is 0 Å². The topological polar surface area (TPSA) is 96.9 Å². The van der Waals surface area contributed by atoms with Gasteiger partial charge >= 0.3 is 12.2 Å². The molecule has 0 aromatic heterocycles. The third kappa shape index (κ3) is 9.48. The van der Waals surface area contributed by atoms with Gasteiger partial charge < -0.3 is 25.2 Å². The molecule has 1 aromatic rings. The Hall–Kier alpha value is -2.28. The molecule has 2 atom stereocenters. The summed E-state index contributed by atoms with van der Waals surface area (Å²) in [6, 6.07) is 8.87. The molecule has 0 spiro atoms. The van der Waals surface area contributed by atoms with Crippen LogP contribution in [0.3, 0.4) is 0 Å². The minimum Gasteiger partial charge on any atom is -0.445 e. The molecule has 1 aliphatic carbocycles. The molecular weight excluding hydrogens is 384 g/mol. The fraction of sp³-hybridized carbons (Fsp3) is 0.652. The minimum atomic E-state index is -0.941. The van der Waals surface area contributed by atoms with E-state index in [9.17, 15) is 14.7 Å². The number of hydrogen-bond acceptors (Lipinski definition) is 5. The predicted molar refractivity (Wildman–Crippen MR) is 115 cm³/mol. The van der Waals surface area contributed by atoms with E-state index in [1.165, 1.54) is 19.3 Å². The fourth-order valence-electron chi connectivity index (χ4n) is 3.66. The van der Waals surface area contributed by atoms with Crippen LogP contribution in [0, 0.1) is 5.92 Å². The number of carbonyl (C=O) groups excluding carboxylic acids is 2. The number of ether oxygens (including phenoxy) is 2. The molecule has 2 amide bonds. The first-order valence-corrected chi connectivity index (χ1v) is 10.8. The lowest BCUT2D eigenvalue weighted by atomic mass is 9.83. The summed E-state index contributed by atoms with van der Waals surface area (Å²) in [4.78, 5) is 24.2. The van der Waals surface area contributed by atoms with E-state index in [1.807, 2.05) is 30.3 Å². The van der Waals surface area contributed by atoms with E-state index < -0.39 is 29.9 Å². The number of aliphatic hydroxyl groups excluding tert-OH is 1. The van der Waals surface area contributed by atoms with Gasteiger partial charge in [0.25, 0.3) is 0 Å². The second-order valence-electron chi connectivity index (χ2n) is 9.00. The Balaban J connectivity index is 1.85. The number of alkyl carbamates (subject to hydrolysis) is 2. The van der Waals surface area contributed by atoms with Crippen LogP contribution in [0.15, 0.2) is 30.3 Å². The highest BCUT2D eigenvalue weighted by molar-refractivity contribution is 5.68. The summed E-state index contributed by atoms with van der Waals surface area (Å²) < 4.78 is 10.5. The Morgan fingerprint density at radius 3 is 2.40 bits per heavy atom. The lowest BCUT2D eigenvalue weighted by molar-refractivity contribution is 0.0390. The quantitative estimate of drug-likeness (QED) is 0.587. The summed E-state index contributed by atoms with van der Waals surface area (Å²) in [6.07, 6.45) is 4.30. The predicted octanol–water partition coefficient (Wildman–Crippen LogP) is 4.14. The second kappa shape index (κ2) is 11.8. The molecule has 1 aromatic carbocycles. The van der Waals surface area contributed by atoms with Gasteiger partial charge in [0.1, 0.15) is 12.2 Å². The minimum absolute atomic E-state index is 0.0131. The van der Waals surface area contributed by atoms with Crippen LogP contribution < -0.4 is 10.6 Å². The van der Waals surface area contributed by atoms with Crippen molar-refractivity contribution in [3.8, 4) is 0 Å². The number of hydrogen-bond donors (Lipinski definition) is 3. The second-order valence-corrected chi connectivity index (χ2v) is 9.00. The molecule has 0 aliphatic heterocycles. The van der Waals surface area contributed by atoms with Crippen molar-refractivity contribution >= 4 is 12.2 Å².